The molecule has 2 aromatic carbocycles. The van der Waals surface area contributed by atoms with Crippen molar-refractivity contribution in [2.24, 2.45) is 0 Å². The number of rotatable bonds is 5. The molecule has 2 N–H and O–H groups in total. The molecule has 1 heterocycles. The van der Waals surface area contributed by atoms with Crippen LogP contribution in [-0.2, 0) is 10.0 Å². The lowest BCUT2D eigenvalue weighted by molar-refractivity contribution is 0.0691. The molecule has 0 saturated heterocycles. The van der Waals surface area contributed by atoms with Gasteiger partial charge in [-0.15, -0.1) is 5.10 Å². The number of H-pyrrole nitrogens is 1. The normalized spacial score (nSPS) is 11.7. The standard InChI is InChI=1S/C17H16N4O4S/c1-21(2)26(24,25)14-9-7-12(8-10-14)11-3-5-13(6-4-11)15-16(17(22)23)19-20-18-15/h3-10H,1-2H3,(H,22,23)(H,18,19,20). The molecule has 0 spiro atoms. The van der Waals surface area contributed by atoms with Gasteiger partial charge in [-0.05, 0) is 23.3 Å². The first-order chi connectivity index (χ1) is 12.3. The fourth-order valence-electron chi connectivity index (χ4n) is 2.43. The summed E-state index contributed by atoms with van der Waals surface area (Å²) in [5, 5.41) is 18.8. The second kappa shape index (κ2) is 6.70. The lowest BCUT2D eigenvalue weighted by Gasteiger charge is -2.11. The Morgan fingerprint density at radius 2 is 1.46 bits per heavy atom. The van der Waals surface area contributed by atoms with Gasteiger partial charge in [-0.25, -0.2) is 17.5 Å². The Morgan fingerprint density at radius 1 is 0.962 bits per heavy atom. The number of hydrogen-bond acceptors (Lipinski definition) is 5. The highest BCUT2D eigenvalue weighted by atomic mass is 32.2. The molecule has 0 aliphatic carbocycles. The highest BCUT2D eigenvalue weighted by Gasteiger charge is 2.17. The van der Waals surface area contributed by atoms with Gasteiger partial charge in [-0.3, -0.25) is 5.10 Å². The van der Waals surface area contributed by atoms with E-state index >= 15 is 0 Å². The van der Waals surface area contributed by atoms with Gasteiger partial charge >= 0.3 is 5.97 Å². The van der Waals surface area contributed by atoms with Crippen LogP contribution >= 0.6 is 0 Å². The molecule has 3 aromatic rings. The summed E-state index contributed by atoms with van der Waals surface area (Å²) in [5.74, 6) is -1.13. The Hall–Kier alpha value is -3.04. The van der Waals surface area contributed by atoms with Crippen LogP contribution in [0.15, 0.2) is 53.4 Å². The van der Waals surface area contributed by atoms with Gasteiger partial charge in [0.2, 0.25) is 10.0 Å². The number of sulfonamides is 1. The average Bonchev–Trinajstić information content (AvgIpc) is 3.12. The third kappa shape index (κ3) is 3.22. The van der Waals surface area contributed by atoms with Crippen molar-refractivity contribution >= 4 is 16.0 Å². The number of hydrogen-bond donors (Lipinski definition) is 2. The van der Waals surface area contributed by atoms with E-state index in [1.807, 2.05) is 12.1 Å². The third-order valence-corrected chi connectivity index (χ3v) is 5.72. The Kier molecular flexibility index (Phi) is 4.58. The minimum atomic E-state index is -3.47. The number of carbonyl (C=O) groups is 1. The lowest BCUT2D eigenvalue weighted by Crippen LogP contribution is -2.22. The molecule has 0 radical (unpaired) electrons. The number of benzene rings is 2. The number of aromatic nitrogens is 3. The zero-order valence-electron chi connectivity index (χ0n) is 14.0. The first kappa shape index (κ1) is 17.8. The number of nitrogens with one attached hydrogen (secondary N) is 1. The van der Waals surface area contributed by atoms with Crippen LogP contribution in [0.2, 0.25) is 0 Å². The van der Waals surface area contributed by atoms with Crippen molar-refractivity contribution in [1.82, 2.24) is 19.7 Å². The molecule has 0 atom stereocenters. The van der Waals surface area contributed by atoms with Gasteiger partial charge < -0.3 is 5.11 Å². The molecule has 0 bridgehead atoms. The van der Waals surface area contributed by atoms with Crippen molar-refractivity contribution in [3.63, 3.8) is 0 Å². The molecule has 9 heteroatoms. The number of aromatic carboxylic acids is 1. The van der Waals surface area contributed by atoms with E-state index in [4.69, 9.17) is 5.11 Å². The number of aromatic amines is 1. The van der Waals surface area contributed by atoms with Crippen molar-refractivity contribution in [3.05, 3.63) is 54.2 Å². The van der Waals surface area contributed by atoms with Crippen molar-refractivity contribution < 1.29 is 18.3 Å². The van der Waals surface area contributed by atoms with Crippen LogP contribution in [-0.4, -0.2) is 53.3 Å². The first-order valence-electron chi connectivity index (χ1n) is 7.58. The molecule has 26 heavy (non-hydrogen) atoms. The molecule has 0 unspecified atom stereocenters. The van der Waals surface area contributed by atoms with Crippen molar-refractivity contribution in [2.75, 3.05) is 14.1 Å². The van der Waals surface area contributed by atoms with Crippen molar-refractivity contribution in [2.45, 2.75) is 4.90 Å². The van der Waals surface area contributed by atoms with E-state index in [0.717, 1.165) is 15.4 Å². The fourth-order valence-corrected chi connectivity index (χ4v) is 3.33. The first-order valence-corrected chi connectivity index (χ1v) is 9.02. The summed E-state index contributed by atoms with van der Waals surface area (Å²) in [5.41, 5.74) is 2.51. The molecule has 0 aliphatic rings. The molecule has 0 aliphatic heterocycles. The highest BCUT2D eigenvalue weighted by Crippen LogP contribution is 2.26. The summed E-state index contributed by atoms with van der Waals surface area (Å²) < 4.78 is 25.4. The zero-order valence-corrected chi connectivity index (χ0v) is 14.9. The molecule has 3 rings (SSSR count). The van der Waals surface area contributed by atoms with E-state index in [-0.39, 0.29) is 16.3 Å². The largest absolute Gasteiger partial charge is 0.476 e. The summed E-state index contributed by atoms with van der Waals surface area (Å²) >= 11 is 0. The van der Waals surface area contributed by atoms with Gasteiger partial charge in [0.05, 0.1) is 4.90 Å². The predicted octanol–water partition coefficient (Wildman–Crippen LogP) is 2.09. The fraction of sp³-hybridized carbons (Fsp3) is 0.118. The van der Waals surface area contributed by atoms with Crippen LogP contribution in [0.1, 0.15) is 10.5 Å². The molecule has 134 valence electrons. The van der Waals surface area contributed by atoms with Gasteiger partial charge in [0.25, 0.3) is 0 Å². The van der Waals surface area contributed by atoms with Crippen molar-refractivity contribution in [1.29, 1.82) is 0 Å². The Bertz CT molecular complexity index is 1040. The second-order valence-electron chi connectivity index (χ2n) is 5.73. The molecular formula is C17H16N4O4S. The Balaban J connectivity index is 1.90. The summed E-state index contributed by atoms with van der Waals surface area (Å²) in [6.07, 6.45) is 0. The third-order valence-electron chi connectivity index (χ3n) is 3.89. The van der Waals surface area contributed by atoms with E-state index in [2.05, 4.69) is 15.4 Å². The van der Waals surface area contributed by atoms with Crippen LogP contribution in [0.3, 0.4) is 0 Å². The maximum absolute atomic E-state index is 12.1. The molecule has 0 saturated carbocycles. The predicted molar refractivity (Wildman–Crippen MR) is 95.1 cm³/mol. The van der Waals surface area contributed by atoms with Gasteiger partial charge in [0.1, 0.15) is 5.69 Å². The van der Waals surface area contributed by atoms with Crippen LogP contribution in [0, 0.1) is 0 Å². The molecule has 0 fully saturated rings. The van der Waals surface area contributed by atoms with E-state index in [9.17, 15) is 13.2 Å². The Morgan fingerprint density at radius 3 is 1.96 bits per heavy atom. The van der Waals surface area contributed by atoms with Crippen LogP contribution in [0.25, 0.3) is 22.4 Å². The number of carboxylic acids is 1. The number of carboxylic acid groups (broad SMARTS) is 1. The molecular weight excluding hydrogens is 356 g/mol. The summed E-state index contributed by atoms with van der Waals surface area (Å²) in [6, 6.07) is 13.7. The topological polar surface area (TPSA) is 116 Å². The lowest BCUT2D eigenvalue weighted by atomic mass is 10.0. The maximum atomic E-state index is 12.1. The smallest absolute Gasteiger partial charge is 0.356 e. The molecule has 0 amide bonds. The van der Waals surface area contributed by atoms with E-state index < -0.39 is 16.0 Å². The monoisotopic (exact) mass is 372 g/mol. The average molecular weight is 372 g/mol. The van der Waals surface area contributed by atoms with Crippen LogP contribution in [0.4, 0.5) is 0 Å². The minimum absolute atomic E-state index is 0.0732. The quantitative estimate of drug-likeness (QED) is 0.708. The van der Waals surface area contributed by atoms with Gasteiger partial charge in [-0.1, -0.05) is 41.6 Å². The van der Waals surface area contributed by atoms with Gasteiger partial charge in [-0.2, -0.15) is 0 Å². The molecule has 8 nitrogen and oxygen atoms in total. The second-order valence-corrected chi connectivity index (χ2v) is 7.88. The van der Waals surface area contributed by atoms with Gasteiger partial charge in [0, 0.05) is 19.7 Å². The van der Waals surface area contributed by atoms with E-state index in [0.29, 0.717) is 5.56 Å². The van der Waals surface area contributed by atoms with Crippen molar-refractivity contribution in [3.8, 4) is 22.4 Å². The summed E-state index contributed by atoms with van der Waals surface area (Å²) in [7, 11) is -0.499. The highest BCUT2D eigenvalue weighted by molar-refractivity contribution is 7.89. The minimum Gasteiger partial charge on any atom is -0.476 e. The molecule has 1 aromatic heterocycles. The summed E-state index contributed by atoms with van der Waals surface area (Å²) in [4.78, 5) is 11.4. The van der Waals surface area contributed by atoms with Gasteiger partial charge in [0.15, 0.2) is 5.69 Å². The maximum Gasteiger partial charge on any atom is 0.356 e. The zero-order chi connectivity index (χ0) is 18.9. The Labute approximate surface area is 150 Å². The SMILES string of the molecule is CN(C)S(=O)(=O)c1ccc(-c2ccc(-c3nn[nH]c3C(=O)O)cc2)cc1. The van der Waals surface area contributed by atoms with E-state index in [1.165, 1.54) is 14.1 Å². The van der Waals surface area contributed by atoms with Crippen LogP contribution < -0.4 is 0 Å². The number of nitrogens with zero attached hydrogens (tertiary/aromatic N) is 3. The van der Waals surface area contributed by atoms with E-state index in [1.54, 1.807) is 36.4 Å². The van der Waals surface area contributed by atoms with Crippen LogP contribution in [0.5, 0.6) is 0 Å². The summed E-state index contributed by atoms with van der Waals surface area (Å²) in [6.45, 7) is 0.